The Morgan fingerprint density at radius 2 is 1.55 bits per heavy atom. The highest BCUT2D eigenvalue weighted by atomic mass is 79.9. The van der Waals surface area contributed by atoms with Crippen molar-refractivity contribution in [3.63, 3.8) is 0 Å². The summed E-state index contributed by atoms with van der Waals surface area (Å²) in [5.74, 6) is 0. The van der Waals surface area contributed by atoms with Crippen LogP contribution < -0.4 is 5.63 Å². The maximum absolute atomic E-state index is 11.1. The number of hydrogen-bond donors (Lipinski definition) is 0. The van der Waals surface area contributed by atoms with Crippen LogP contribution in [0, 0.1) is 0 Å². The zero-order valence-corrected chi connectivity index (χ0v) is 11.9. The minimum atomic E-state index is -0.360. The summed E-state index contributed by atoms with van der Waals surface area (Å²) < 4.78 is 6.06. The lowest BCUT2D eigenvalue weighted by Gasteiger charge is -1.97. The molecular weight excluding hydrogens is 320 g/mol. The normalized spacial score (nSPS) is 11.2. The second kappa shape index (κ2) is 5.38. The van der Waals surface area contributed by atoms with Crippen LogP contribution in [-0.4, -0.2) is 0 Å². The fourth-order valence-corrected chi connectivity index (χ4v) is 2.01. The van der Waals surface area contributed by atoms with Crippen molar-refractivity contribution >= 4 is 38.3 Å². The topological polar surface area (TPSA) is 54.9 Å². The predicted octanol–water partition coefficient (Wildman–Crippen LogP) is 4.97. The highest BCUT2D eigenvalue weighted by molar-refractivity contribution is 9.10. The van der Waals surface area contributed by atoms with Crippen LogP contribution in [0.1, 0.15) is 0 Å². The van der Waals surface area contributed by atoms with Crippen LogP contribution in [0.5, 0.6) is 0 Å². The average molecular weight is 329 g/mol. The molecule has 5 heteroatoms. The molecule has 0 saturated heterocycles. The average Bonchev–Trinajstić information content (AvgIpc) is 2.46. The Morgan fingerprint density at radius 3 is 2.35 bits per heavy atom. The predicted molar refractivity (Wildman–Crippen MR) is 80.8 cm³/mol. The Hall–Kier alpha value is -2.27. The van der Waals surface area contributed by atoms with Gasteiger partial charge in [-0.1, -0.05) is 15.9 Å². The number of hydrogen-bond acceptors (Lipinski definition) is 4. The molecule has 98 valence electrons. The molecule has 0 aliphatic carbocycles. The molecule has 0 radical (unpaired) electrons. The van der Waals surface area contributed by atoms with E-state index >= 15 is 0 Å². The Kier molecular flexibility index (Phi) is 3.43. The highest BCUT2D eigenvalue weighted by Gasteiger charge is 1.98. The van der Waals surface area contributed by atoms with E-state index in [0.29, 0.717) is 11.3 Å². The van der Waals surface area contributed by atoms with Crippen molar-refractivity contribution in [1.29, 1.82) is 0 Å². The molecule has 0 aliphatic rings. The van der Waals surface area contributed by atoms with E-state index in [1.807, 2.05) is 30.3 Å². The summed E-state index contributed by atoms with van der Waals surface area (Å²) in [7, 11) is 0. The van der Waals surface area contributed by atoms with Crippen molar-refractivity contribution in [3.05, 3.63) is 69.5 Å². The van der Waals surface area contributed by atoms with E-state index in [1.165, 1.54) is 6.07 Å². The number of rotatable bonds is 2. The van der Waals surface area contributed by atoms with Crippen LogP contribution in [0.15, 0.2) is 78.5 Å². The molecule has 4 nitrogen and oxygen atoms in total. The Morgan fingerprint density at radius 1 is 0.850 bits per heavy atom. The van der Waals surface area contributed by atoms with Crippen LogP contribution in [0.3, 0.4) is 0 Å². The van der Waals surface area contributed by atoms with Crippen molar-refractivity contribution in [2.24, 2.45) is 10.2 Å². The summed E-state index contributed by atoms with van der Waals surface area (Å²) in [5, 5.41) is 9.14. The van der Waals surface area contributed by atoms with Crippen molar-refractivity contribution in [2.45, 2.75) is 0 Å². The lowest BCUT2D eigenvalue weighted by atomic mass is 10.2. The van der Waals surface area contributed by atoms with Gasteiger partial charge in [-0.2, -0.15) is 10.2 Å². The molecule has 0 bridgehead atoms. The molecule has 0 saturated carbocycles. The summed E-state index contributed by atoms with van der Waals surface area (Å²) in [6.45, 7) is 0. The number of nitrogens with zero attached hydrogens (tertiary/aromatic N) is 2. The quantitative estimate of drug-likeness (QED) is 0.492. The molecule has 3 rings (SSSR count). The molecule has 3 aromatic rings. The lowest BCUT2D eigenvalue weighted by Crippen LogP contribution is -1.93. The van der Waals surface area contributed by atoms with Crippen LogP contribution in [-0.2, 0) is 0 Å². The minimum absolute atomic E-state index is 0.360. The monoisotopic (exact) mass is 328 g/mol. The van der Waals surface area contributed by atoms with Gasteiger partial charge >= 0.3 is 5.63 Å². The van der Waals surface area contributed by atoms with E-state index in [0.717, 1.165) is 15.5 Å². The third-order valence-corrected chi connectivity index (χ3v) is 3.24. The van der Waals surface area contributed by atoms with Gasteiger partial charge in [0.1, 0.15) is 5.58 Å². The van der Waals surface area contributed by atoms with Crippen molar-refractivity contribution in [1.82, 2.24) is 0 Å². The fraction of sp³-hybridized carbons (Fsp3) is 0. The molecule has 0 atom stereocenters. The molecule has 0 fully saturated rings. The number of halogens is 1. The van der Waals surface area contributed by atoms with E-state index in [2.05, 4.69) is 26.2 Å². The van der Waals surface area contributed by atoms with Crippen LogP contribution in [0.4, 0.5) is 11.4 Å². The van der Waals surface area contributed by atoms with E-state index < -0.39 is 0 Å². The second-order valence-corrected chi connectivity index (χ2v) is 5.07. The first-order valence-electron chi connectivity index (χ1n) is 5.92. The number of fused-ring (bicyclic) bond motifs is 1. The van der Waals surface area contributed by atoms with Crippen molar-refractivity contribution in [2.75, 3.05) is 0 Å². The minimum Gasteiger partial charge on any atom is -0.423 e. The first-order valence-corrected chi connectivity index (χ1v) is 6.71. The summed E-state index contributed by atoms with van der Waals surface area (Å²) in [6, 6.07) is 15.9. The molecule has 0 spiro atoms. The van der Waals surface area contributed by atoms with Gasteiger partial charge in [-0.25, -0.2) is 4.79 Å². The van der Waals surface area contributed by atoms with Crippen LogP contribution >= 0.6 is 15.9 Å². The smallest absolute Gasteiger partial charge is 0.336 e. The van der Waals surface area contributed by atoms with E-state index in [1.54, 1.807) is 18.2 Å². The molecular formula is C15H9BrN2O2. The summed E-state index contributed by atoms with van der Waals surface area (Å²) in [6.07, 6.45) is 0. The number of benzene rings is 2. The maximum atomic E-state index is 11.1. The Bertz CT molecular complexity index is 838. The SMILES string of the molecule is O=c1ccc2cc(N=Nc3ccc(Br)cc3)ccc2o1. The molecule has 1 heterocycles. The third kappa shape index (κ3) is 2.83. The molecule has 20 heavy (non-hydrogen) atoms. The molecule has 2 aromatic carbocycles. The highest BCUT2D eigenvalue weighted by Crippen LogP contribution is 2.23. The standard InChI is InChI=1S/C15H9BrN2O2/c16-11-2-4-12(5-3-11)17-18-13-6-7-14-10(9-13)1-8-15(19)20-14/h1-9H. The van der Waals surface area contributed by atoms with Crippen LogP contribution in [0.2, 0.25) is 0 Å². The first kappa shape index (κ1) is 12.7. The number of azo groups is 1. The molecule has 0 unspecified atom stereocenters. The first-order chi connectivity index (χ1) is 9.70. The van der Waals surface area contributed by atoms with Gasteiger partial charge in [-0.05, 0) is 48.5 Å². The Labute approximate surface area is 122 Å². The zero-order valence-electron chi connectivity index (χ0n) is 10.3. The molecule has 1 aromatic heterocycles. The molecule has 0 aliphatic heterocycles. The molecule has 0 N–H and O–H groups in total. The van der Waals surface area contributed by atoms with Crippen molar-refractivity contribution < 1.29 is 4.42 Å². The van der Waals surface area contributed by atoms with E-state index in [9.17, 15) is 4.79 Å². The van der Waals surface area contributed by atoms with Gasteiger partial charge in [-0.3, -0.25) is 0 Å². The van der Waals surface area contributed by atoms with E-state index in [4.69, 9.17) is 4.42 Å². The lowest BCUT2D eigenvalue weighted by molar-refractivity contribution is 0.561. The summed E-state index contributed by atoms with van der Waals surface area (Å²) in [4.78, 5) is 11.1. The van der Waals surface area contributed by atoms with Gasteiger partial charge in [0.05, 0.1) is 11.4 Å². The Balaban J connectivity index is 1.92. The third-order valence-electron chi connectivity index (χ3n) is 2.71. The van der Waals surface area contributed by atoms with Gasteiger partial charge in [-0.15, -0.1) is 0 Å². The van der Waals surface area contributed by atoms with E-state index in [-0.39, 0.29) is 5.63 Å². The van der Waals surface area contributed by atoms with Gasteiger partial charge in [0.25, 0.3) is 0 Å². The fourth-order valence-electron chi connectivity index (χ4n) is 1.74. The zero-order chi connectivity index (χ0) is 13.9. The molecule has 0 amide bonds. The summed E-state index contributed by atoms with van der Waals surface area (Å²) >= 11 is 3.37. The summed E-state index contributed by atoms with van der Waals surface area (Å²) in [5.41, 5.74) is 1.66. The van der Waals surface area contributed by atoms with Crippen molar-refractivity contribution in [3.8, 4) is 0 Å². The van der Waals surface area contributed by atoms with Gasteiger partial charge < -0.3 is 4.42 Å². The maximum Gasteiger partial charge on any atom is 0.336 e. The van der Waals surface area contributed by atoms with Gasteiger partial charge in [0, 0.05) is 15.9 Å². The van der Waals surface area contributed by atoms with Gasteiger partial charge in [0.15, 0.2) is 0 Å². The van der Waals surface area contributed by atoms with Gasteiger partial charge in [0.2, 0.25) is 0 Å². The second-order valence-electron chi connectivity index (χ2n) is 4.15. The largest absolute Gasteiger partial charge is 0.423 e. The van der Waals surface area contributed by atoms with Crippen LogP contribution in [0.25, 0.3) is 11.0 Å².